The SMILES string of the molecule is NC(=O)c1cccc2ccccc12.NCCCCC(N)C(=O)O.O=C(O)c1cccc2ccccc12. The average molecular weight is 490 g/mol. The fourth-order valence-corrected chi connectivity index (χ4v) is 3.48. The molecule has 4 aromatic rings. The van der Waals surface area contributed by atoms with E-state index in [2.05, 4.69) is 0 Å². The normalized spacial score (nSPS) is 10.9. The van der Waals surface area contributed by atoms with Crippen molar-refractivity contribution in [3.8, 4) is 0 Å². The molecule has 0 aliphatic rings. The number of hydrogen-bond acceptors (Lipinski definition) is 5. The van der Waals surface area contributed by atoms with Crippen LogP contribution in [0.15, 0.2) is 84.9 Å². The zero-order chi connectivity index (χ0) is 26.5. The van der Waals surface area contributed by atoms with Gasteiger partial charge in [0.2, 0.25) is 5.91 Å². The Bertz CT molecular complexity index is 1220. The van der Waals surface area contributed by atoms with Gasteiger partial charge < -0.3 is 27.4 Å². The Kier molecular flexibility index (Phi) is 11.0. The maximum atomic E-state index is 11.0. The number of unbranched alkanes of at least 4 members (excludes halogenated alkanes) is 1. The standard InChI is InChI=1S/C11H9NO.C11H8O2.C6H14N2O2/c2*12-11(13)10-7-3-5-8-4-1-2-6-9(8)10;7-4-2-1-3-5(8)6(9)10/h1-7H,(H2,12,13);1-7H,(H,12,13);5H,1-4,7-8H2,(H,9,10). The highest BCUT2D eigenvalue weighted by molar-refractivity contribution is 6.06. The van der Waals surface area contributed by atoms with E-state index < -0.39 is 18.0 Å². The third-order valence-corrected chi connectivity index (χ3v) is 5.36. The number of fused-ring (bicyclic) bond motifs is 2. The summed E-state index contributed by atoms with van der Waals surface area (Å²) >= 11 is 0. The summed E-state index contributed by atoms with van der Waals surface area (Å²) in [7, 11) is 0. The van der Waals surface area contributed by atoms with Crippen LogP contribution in [-0.2, 0) is 4.79 Å². The fourth-order valence-electron chi connectivity index (χ4n) is 3.48. The zero-order valence-corrected chi connectivity index (χ0v) is 19.8. The number of aromatic carboxylic acids is 1. The largest absolute Gasteiger partial charge is 0.480 e. The molecule has 36 heavy (non-hydrogen) atoms. The summed E-state index contributed by atoms with van der Waals surface area (Å²) in [5.41, 5.74) is 16.6. The Hall–Kier alpha value is -4.27. The number of primary amides is 1. The number of benzene rings is 4. The van der Waals surface area contributed by atoms with Crippen molar-refractivity contribution in [2.24, 2.45) is 17.2 Å². The first-order chi connectivity index (χ1) is 17.3. The van der Waals surface area contributed by atoms with Crippen LogP contribution in [0.25, 0.3) is 21.5 Å². The number of carboxylic acids is 2. The van der Waals surface area contributed by atoms with Crippen molar-refractivity contribution in [1.82, 2.24) is 0 Å². The lowest BCUT2D eigenvalue weighted by atomic mass is 10.0. The smallest absolute Gasteiger partial charge is 0.336 e. The van der Waals surface area contributed by atoms with Crippen LogP contribution in [0, 0.1) is 0 Å². The van der Waals surface area contributed by atoms with Crippen LogP contribution < -0.4 is 17.2 Å². The molecule has 1 amide bonds. The number of aliphatic carboxylic acids is 1. The Balaban J connectivity index is 0.000000193. The Morgan fingerprint density at radius 3 is 1.64 bits per heavy atom. The Morgan fingerprint density at radius 2 is 1.17 bits per heavy atom. The van der Waals surface area contributed by atoms with Gasteiger partial charge in [-0.05, 0) is 53.1 Å². The lowest BCUT2D eigenvalue weighted by molar-refractivity contribution is -0.138. The maximum Gasteiger partial charge on any atom is 0.336 e. The lowest BCUT2D eigenvalue weighted by Crippen LogP contribution is -2.29. The summed E-state index contributed by atoms with van der Waals surface area (Å²) in [5.74, 6) is -2.19. The van der Waals surface area contributed by atoms with Gasteiger partial charge in [-0.1, -0.05) is 79.2 Å². The van der Waals surface area contributed by atoms with Crippen molar-refractivity contribution >= 4 is 39.4 Å². The number of hydrogen-bond donors (Lipinski definition) is 5. The van der Waals surface area contributed by atoms with Gasteiger partial charge in [-0.25, -0.2) is 4.79 Å². The number of amides is 1. The molecule has 4 aromatic carbocycles. The van der Waals surface area contributed by atoms with Gasteiger partial charge in [0.05, 0.1) is 5.56 Å². The minimum atomic E-state index is -0.933. The van der Waals surface area contributed by atoms with E-state index in [1.54, 1.807) is 18.2 Å². The number of carbonyl (C=O) groups is 3. The first-order valence-electron chi connectivity index (χ1n) is 11.4. The van der Waals surface area contributed by atoms with E-state index in [1.165, 1.54) is 0 Å². The topological polar surface area (TPSA) is 170 Å². The highest BCUT2D eigenvalue weighted by Crippen LogP contribution is 2.18. The second kappa shape index (κ2) is 14.2. The minimum Gasteiger partial charge on any atom is -0.480 e. The maximum absolute atomic E-state index is 11.0. The summed E-state index contributed by atoms with van der Waals surface area (Å²) < 4.78 is 0. The third-order valence-electron chi connectivity index (χ3n) is 5.36. The number of carbonyl (C=O) groups excluding carboxylic acids is 1. The number of nitrogens with two attached hydrogens (primary N) is 3. The van der Waals surface area contributed by atoms with E-state index >= 15 is 0 Å². The highest BCUT2D eigenvalue weighted by Gasteiger charge is 2.09. The monoisotopic (exact) mass is 489 g/mol. The average Bonchev–Trinajstić information content (AvgIpc) is 2.88. The van der Waals surface area contributed by atoms with Crippen molar-refractivity contribution in [3.63, 3.8) is 0 Å². The van der Waals surface area contributed by atoms with Crippen molar-refractivity contribution in [2.45, 2.75) is 25.3 Å². The molecule has 8 heteroatoms. The minimum absolute atomic E-state index is 0.359. The van der Waals surface area contributed by atoms with Crippen LogP contribution in [-0.4, -0.2) is 40.6 Å². The summed E-state index contributed by atoms with van der Waals surface area (Å²) in [4.78, 5) is 32.0. The Labute approximate surface area is 209 Å². The first kappa shape index (κ1) is 28.0. The van der Waals surface area contributed by atoms with Crippen molar-refractivity contribution in [2.75, 3.05) is 6.54 Å². The third kappa shape index (κ3) is 8.19. The van der Waals surface area contributed by atoms with Crippen LogP contribution in [0.3, 0.4) is 0 Å². The molecule has 0 spiro atoms. The van der Waals surface area contributed by atoms with Gasteiger partial charge in [0, 0.05) is 5.56 Å². The van der Waals surface area contributed by atoms with E-state index in [9.17, 15) is 14.4 Å². The van der Waals surface area contributed by atoms with E-state index in [1.807, 2.05) is 66.7 Å². The molecular formula is C28H31N3O5. The van der Waals surface area contributed by atoms with Crippen LogP contribution in [0.1, 0.15) is 40.0 Å². The van der Waals surface area contributed by atoms with Crippen molar-refractivity contribution in [1.29, 1.82) is 0 Å². The molecule has 0 radical (unpaired) electrons. The van der Waals surface area contributed by atoms with Gasteiger partial charge in [0.25, 0.3) is 0 Å². The summed E-state index contributed by atoms with van der Waals surface area (Å²) in [6, 6.07) is 25.3. The van der Waals surface area contributed by atoms with Gasteiger partial charge in [-0.2, -0.15) is 0 Å². The van der Waals surface area contributed by atoms with E-state index in [-0.39, 0.29) is 5.91 Å². The van der Waals surface area contributed by atoms with Gasteiger partial charge in [0.15, 0.2) is 0 Å². The van der Waals surface area contributed by atoms with E-state index in [0.29, 0.717) is 24.1 Å². The molecule has 0 saturated carbocycles. The molecule has 0 fully saturated rings. The molecule has 1 unspecified atom stereocenters. The molecule has 0 aliphatic heterocycles. The fraction of sp³-hybridized carbons (Fsp3) is 0.179. The van der Waals surface area contributed by atoms with Gasteiger partial charge in [0.1, 0.15) is 6.04 Å². The number of rotatable bonds is 7. The zero-order valence-electron chi connectivity index (χ0n) is 19.8. The van der Waals surface area contributed by atoms with E-state index in [4.69, 9.17) is 27.4 Å². The summed E-state index contributed by atoms with van der Waals surface area (Å²) in [6.07, 6.45) is 2.16. The quantitative estimate of drug-likeness (QED) is 0.244. The summed E-state index contributed by atoms with van der Waals surface area (Å²) in [6.45, 7) is 0.604. The van der Waals surface area contributed by atoms with Crippen LogP contribution in [0.2, 0.25) is 0 Å². The predicted molar refractivity (Wildman–Crippen MR) is 142 cm³/mol. The molecular weight excluding hydrogens is 458 g/mol. The molecule has 0 aliphatic carbocycles. The van der Waals surface area contributed by atoms with Crippen LogP contribution in [0.4, 0.5) is 0 Å². The molecule has 0 saturated heterocycles. The number of carboxylic acid groups (broad SMARTS) is 2. The summed E-state index contributed by atoms with van der Waals surface area (Å²) in [5, 5.41) is 20.9. The van der Waals surface area contributed by atoms with E-state index in [0.717, 1.165) is 34.4 Å². The highest BCUT2D eigenvalue weighted by atomic mass is 16.4. The molecule has 4 rings (SSSR count). The molecule has 188 valence electrons. The molecule has 0 bridgehead atoms. The van der Waals surface area contributed by atoms with Gasteiger partial charge in [-0.15, -0.1) is 0 Å². The second-order valence-corrected chi connectivity index (χ2v) is 7.95. The first-order valence-corrected chi connectivity index (χ1v) is 11.4. The van der Waals surface area contributed by atoms with Crippen molar-refractivity contribution < 1.29 is 24.6 Å². The predicted octanol–water partition coefficient (Wildman–Crippen LogP) is 4.00. The molecule has 0 heterocycles. The Morgan fingerprint density at radius 1 is 0.694 bits per heavy atom. The molecule has 0 aromatic heterocycles. The van der Waals surface area contributed by atoms with Crippen LogP contribution in [0.5, 0.6) is 0 Å². The second-order valence-electron chi connectivity index (χ2n) is 7.95. The van der Waals surface area contributed by atoms with Gasteiger partial charge >= 0.3 is 11.9 Å². The van der Waals surface area contributed by atoms with Gasteiger partial charge in [-0.3, -0.25) is 9.59 Å². The molecule has 8 N–H and O–H groups in total. The molecule has 1 atom stereocenters. The lowest BCUT2D eigenvalue weighted by Gasteiger charge is -2.03. The van der Waals surface area contributed by atoms with Crippen LogP contribution >= 0.6 is 0 Å². The molecule has 8 nitrogen and oxygen atoms in total. The van der Waals surface area contributed by atoms with Crippen molar-refractivity contribution in [3.05, 3.63) is 96.1 Å².